The third-order valence-corrected chi connectivity index (χ3v) is 6.66. The number of hydrogen-bond donors (Lipinski definition) is 2. The molecule has 2 N–H and O–H groups in total. The van der Waals surface area contributed by atoms with Gasteiger partial charge in [0.25, 0.3) is 0 Å². The van der Waals surface area contributed by atoms with Gasteiger partial charge in [-0.15, -0.1) is 22.7 Å². The summed E-state index contributed by atoms with van der Waals surface area (Å²) in [4.78, 5) is 0. The van der Waals surface area contributed by atoms with E-state index in [2.05, 4.69) is 42.5 Å². The van der Waals surface area contributed by atoms with Crippen LogP contribution >= 0.6 is 22.7 Å². The SMILES string of the molecule is OB(O)c1cccc2c1sc1cc3c(cc12)sc1ccccc13. The van der Waals surface area contributed by atoms with E-state index in [0.29, 0.717) is 5.46 Å². The minimum Gasteiger partial charge on any atom is -0.423 e. The Balaban J connectivity index is 1.96. The Hall–Kier alpha value is -1.92. The molecule has 0 saturated carbocycles. The van der Waals surface area contributed by atoms with Gasteiger partial charge in [-0.05, 0) is 23.7 Å². The van der Waals surface area contributed by atoms with Gasteiger partial charge in [-0.25, -0.2) is 0 Å². The van der Waals surface area contributed by atoms with Gasteiger partial charge in [-0.2, -0.15) is 0 Å². The van der Waals surface area contributed by atoms with Crippen LogP contribution in [-0.4, -0.2) is 17.2 Å². The zero-order valence-corrected chi connectivity index (χ0v) is 13.6. The minimum absolute atomic E-state index is 0.580. The van der Waals surface area contributed by atoms with Gasteiger partial charge in [0, 0.05) is 40.3 Å². The number of rotatable bonds is 1. The molecule has 0 spiro atoms. The molecule has 0 atom stereocenters. The third kappa shape index (κ3) is 1.88. The zero-order chi connectivity index (χ0) is 15.6. The molecule has 23 heavy (non-hydrogen) atoms. The highest BCUT2D eigenvalue weighted by molar-refractivity contribution is 7.28. The molecular formula is C18H11BO2S2. The van der Waals surface area contributed by atoms with Crippen molar-refractivity contribution in [3.8, 4) is 0 Å². The third-order valence-electron chi connectivity index (χ3n) is 4.30. The fourth-order valence-corrected chi connectivity index (χ4v) is 5.62. The first kappa shape index (κ1) is 13.5. The van der Waals surface area contributed by atoms with E-state index in [1.54, 1.807) is 28.7 Å². The summed E-state index contributed by atoms with van der Waals surface area (Å²) >= 11 is 3.43. The predicted octanol–water partition coefficient (Wildman–Crippen LogP) is 4.10. The van der Waals surface area contributed by atoms with E-state index in [-0.39, 0.29) is 0 Å². The molecule has 5 aromatic rings. The number of thiophene rings is 2. The summed E-state index contributed by atoms with van der Waals surface area (Å²) in [5.41, 5.74) is 0.580. The highest BCUT2D eigenvalue weighted by Crippen LogP contribution is 2.41. The Morgan fingerprint density at radius 1 is 0.652 bits per heavy atom. The molecule has 5 heteroatoms. The minimum atomic E-state index is -1.44. The van der Waals surface area contributed by atoms with Gasteiger partial charge in [0.05, 0.1) is 0 Å². The van der Waals surface area contributed by atoms with Crippen molar-refractivity contribution in [1.82, 2.24) is 0 Å². The molecule has 0 aliphatic rings. The molecule has 2 heterocycles. The van der Waals surface area contributed by atoms with Crippen LogP contribution in [0.2, 0.25) is 0 Å². The maximum atomic E-state index is 9.60. The highest BCUT2D eigenvalue weighted by Gasteiger charge is 2.18. The second kappa shape index (κ2) is 4.79. The normalized spacial score (nSPS) is 11.9. The molecule has 2 nitrogen and oxygen atoms in total. The van der Waals surface area contributed by atoms with Crippen LogP contribution in [0, 0.1) is 0 Å². The Bertz CT molecular complexity index is 1200. The molecule has 110 valence electrons. The van der Waals surface area contributed by atoms with Crippen LogP contribution < -0.4 is 5.46 Å². The van der Waals surface area contributed by atoms with Crippen LogP contribution in [0.1, 0.15) is 0 Å². The summed E-state index contributed by atoms with van der Waals surface area (Å²) in [5, 5.41) is 24.0. The van der Waals surface area contributed by atoms with Gasteiger partial charge in [-0.3, -0.25) is 0 Å². The van der Waals surface area contributed by atoms with Crippen LogP contribution in [0.3, 0.4) is 0 Å². The van der Waals surface area contributed by atoms with Crippen LogP contribution in [-0.2, 0) is 0 Å². The average molecular weight is 334 g/mol. The Labute approximate surface area is 140 Å². The van der Waals surface area contributed by atoms with Crippen molar-refractivity contribution >= 4 is 75.6 Å². The van der Waals surface area contributed by atoms with Crippen molar-refractivity contribution in [3.05, 3.63) is 54.6 Å². The average Bonchev–Trinajstić information content (AvgIpc) is 3.09. The van der Waals surface area contributed by atoms with Gasteiger partial charge in [0.15, 0.2) is 0 Å². The van der Waals surface area contributed by atoms with Crippen molar-refractivity contribution in [2.75, 3.05) is 0 Å². The lowest BCUT2D eigenvalue weighted by atomic mass is 9.80. The quantitative estimate of drug-likeness (QED) is 0.453. The molecule has 0 radical (unpaired) electrons. The van der Waals surface area contributed by atoms with E-state index < -0.39 is 7.12 Å². The second-order valence-corrected chi connectivity index (χ2v) is 7.78. The highest BCUT2D eigenvalue weighted by atomic mass is 32.1. The van der Waals surface area contributed by atoms with Crippen molar-refractivity contribution < 1.29 is 10.0 Å². The largest absolute Gasteiger partial charge is 0.489 e. The maximum absolute atomic E-state index is 9.60. The lowest BCUT2D eigenvalue weighted by Gasteiger charge is -2.00. The molecule has 3 aromatic carbocycles. The Morgan fingerprint density at radius 3 is 2.17 bits per heavy atom. The number of fused-ring (bicyclic) bond motifs is 6. The standard InChI is InChI=1S/C18H11BO2S2/c20-19(21)14-6-3-5-11-13-9-16-12(8-17(13)23-18(11)14)10-4-1-2-7-15(10)22-16/h1-9,20-21H. The molecule has 2 aromatic heterocycles. The molecule has 0 amide bonds. The van der Waals surface area contributed by atoms with E-state index in [4.69, 9.17) is 0 Å². The van der Waals surface area contributed by atoms with Crippen molar-refractivity contribution in [1.29, 1.82) is 0 Å². The smallest absolute Gasteiger partial charge is 0.423 e. The predicted molar refractivity (Wildman–Crippen MR) is 102 cm³/mol. The van der Waals surface area contributed by atoms with E-state index in [0.717, 1.165) is 10.1 Å². The molecule has 0 bridgehead atoms. The molecule has 0 saturated heterocycles. The van der Waals surface area contributed by atoms with Crippen LogP contribution in [0.25, 0.3) is 40.3 Å². The Morgan fingerprint density at radius 2 is 1.35 bits per heavy atom. The van der Waals surface area contributed by atoms with Crippen LogP contribution in [0.15, 0.2) is 54.6 Å². The van der Waals surface area contributed by atoms with Gasteiger partial charge < -0.3 is 10.0 Å². The summed E-state index contributed by atoms with van der Waals surface area (Å²) in [6.07, 6.45) is 0. The monoisotopic (exact) mass is 334 g/mol. The van der Waals surface area contributed by atoms with E-state index in [9.17, 15) is 10.0 Å². The van der Waals surface area contributed by atoms with Gasteiger partial charge >= 0.3 is 7.12 Å². The van der Waals surface area contributed by atoms with E-state index >= 15 is 0 Å². The fraction of sp³-hybridized carbons (Fsp3) is 0. The lowest BCUT2D eigenvalue weighted by Crippen LogP contribution is -2.29. The van der Waals surface area contributed by atoms with Gasteiger partial charge in [0.1, 0.15) is 0 Å². The summed E-state index contributed by atoms with van der Waals surface area (Å²) in [7, 11) is -1.44. The van der Waals surface area contributed by atoms with E-state index in [1.165, 1.54) is 30.3 Å². The summed E-state index contributed by atoms with van der Waals surface area (Å²) in [6.45, 7) is 0. The topological polar surface area (TPSA) is 40.5 Å². The lowest BCUT2D eigenvalue weighted by molar-refractivity contribution is 0.426. The summed E-state index contributed by atoms with van der Waals surface area (Å²) in [5.74, 6) is 0. The maximum Gasteiger partial charge on any atom is 0.489 e. The molecule has 5 rings (SSSR count). The fourth-order valence-electron chi connectivity index (χ4n) is 3.24. The molecule has 0 unspecified atom stereocenters. The Kier molecular flexibility index (Phi) is 2.81. The van der Waals surface area contributed by atoms with Crippen LogP contribution in [0.4, 0.5) is 0 Å². The first-order valence-corrected chi connectivity index (χ1v) is 8.98. The van der Waals surface area contributed by atoms with Gasteiger partial charge in [0.2, 0.25) is 0 Å². The molecular weight excluding hydrogens is 323 g/mol. The summed E-state index contributed by atoms with van der Waals surface area (Å²) in [6, 6.07) is 18.7. The summed E-state index contributed by atoms with van der Waals surface area (Å²) < 4.78 is 4.72. The first-order valence-electron chi connectivity index (χ1n) is 7.35. The van der Waals surface area contributed by atoms with Crippen molar-refractivity contribution in [2.24, 2.45) is 0 Å². The van der Waals surface area contributed by atoms with Crippen LogP contribution in [0.5, 0.6) is 0 Å². The number of benzene rings is 3. The zero-order valence-electron chi connectivity index (χ0n) is 12.0. The molecule has 0 fully saturated rings. The van der Waals surface area contributed by atoms with Crippen molar-refractivity contribution in [3.63, 3.8) is 0 Å². The first-order chi connectivity index (χ1) is 11.2. The molecule has 0 aliphatic carbocycles. The molecule has 0 aliphatic heterocycles. The second-order valence-electron chi connectivity index (χ2n) is 5.64. The number of hydrogen-bond acceptors (Lipinski definition) is 4. The van der Waals surface area contributed by atoms with Crippen molar-refractivity contribution in [2.45, 2.75) is 0 Å². The van der Waals surface area contributed by atoms with Gasteiger partial charge in [-0.1, -0.05) is 36.4 Å². The van der Waals surface area contributed by atoms with E-state index in [1.807, 2.05) is 6.07 Å².